The number of nitrogens with zero attached hydrogens (tertiary/aromatic N) is 3. The van der Waals surface area contributed by atoms with Crippen molar-refractivity contribution in [3.63, 3.8) is 0 Å². The van der Waals surface area contributed by atoms with Gasteiger partial charge in [-0.25, -0.2) is 9.97 Å². The second-order valence-corrected chi connectivity index (χ2v) is 8.78. The lowest BCUT2D eigenvalue weighted by molar-refractivity contribution is 0.102. The molecule has 4 rings (SSSR count). The first-order chi connectivity index (χ1) is 14.2. The summed E-state index contributed by atoms with van der Waals surface area (Å²) in [5, 5.41) is 4.96. The third-order valence-electron chi connectivity index (χ3n) is 4.52. The van der Waals surface area contributed by atoms with Crippen LogP contribution in [0, 0.1) is 6.92 Å². The smallest absolute Gasteiger partial charge is 0.255 e. The van der Waals surface area contributed by atoms with E-state index in [0.717, 1.165) is 53.5 Å². The minimum atomic E-state index is -0.138. The van der Waals surface area contributed by atoms with Crippen LogP contribution in [0.25, 0.3) is 0 Å². The number of rotatable bonds is 6. The van der Waals surface area contributed by atoms with E-state index in [4.69, 9.17) is 4.74 Å². The van der Waals surface area contributed by atoms with Gasteiger partial charge in [-0.2, -0.15) is 0 Å². The molecule has 0 spiro atoms. The molecule has 0 bridgehead atoms. The van der Waals surface area contributed by atoms with E-state index in [2.05, 4.69) is 25.6 Å². The number of nitrogens with one attached hydrogen (secondary N) is 1. The minimum absolute atomic E-state index is 0.138. The molecule has 2 aromatic heterocycles. The number of aryl methyl sites for hydroxylation is 1. The van der Waals surface area contributed by atoms with E-state index >= 15 is 0 Å². The number of thiazole rings is 1. The van der Waals surface area contributed by atoms with Gasteiger partial charge in [-0.15, -0.1) is 11.3 Å². The molecule has 29 heavy (non-hydrogen) atoms. The van der Waals surface area contributed by atoms with Gasteiger partial charge in [-0.1, -0.05) is 23.9 Å². The van der Waals surface area contributed by atoms with E-state index in [0.29, 0.717) is 11.3 Å². The molecule has 8 heteroatoms. The Morgan fingerprint density at radius 1 is 1.21 bits per heavy atom. The maximum Gasteiger partial charge on any atom is 0.255 e. The molecule has 1 amide bonds. The van der Waals surface area contributed by atoms with Crippen LogP contribution >= 0.6 is 23.1 Å². The highest BCUT2D eigenvalue weighted by atomic mass is 32.2. The molecule has 6 nitrogen and oxygen atoms in total. The van der Waals surface area contributed by atoms with E-state index in [1.54, 1.807) is 29.3 Å². The standard InChI is InChI=1S/C21H22N4O2S2/c1-15-13-28-21(23-15)29-14-16-2-4-17(5-3-16)20(26)24-18-6-7-19(22-12-18)25-8-10-27-11-9-25/h2-7,12-13H,8-11,14H2,1H3,(H,24,26). The Balaban J connectivity index is 1.32. The maximum absolute atomic E-state index is 12.5. The topological polar surface area (TPSA) is 67.4 Å². The molecule has 3 aromatic rings. The molecule has 1 fully saturated rings. The number of carbonyl (C=O) groups excluding carboxylic acids is 1. The van der Waals surface area contributed by atoms with Gasteiger partial charge in [0.15, 0.2) is 0 Å². The van der Waals surface area contributed by atoms with Crippen molar-refractivity contribution in [3.05, 3.63) is 64.8 Å². The van der Waals surface area contributed by atoms with Crippen LogP contribution in [-0.4, -0.2) is 42.2 Å². The molecule has 0 unspecified atom stereocenters. The van der Waals surface area contributed by atoms with Crippen LogP contribution in [0.5, 0.6) is 0 Å². The molecule has 150 valence electrons. The first-order valence-corrected chi connectivity index (χ1v) is 11.3. The van der Waals surface area contributed by atoms with Gasteiger partial charge in [-0.05, 0) is 36.8 Å². The number of pyridine rings is 1. The van der Waals surface area contributed by atoms with Gasteiger partial charge < -0.3 is 15.0 Å². The Morgan fingerprint density at radius 2 is 2.00 bits per heavy atom. The highest BCUT2D eigenvalue weighted by Crippen LogP contribution is 2.26. The molecule has 0 atom stereocenters. The fourth-order valence-corrected chi connectivity index (χ4v) is 4.74. The van der Waals surface area contributed by atoms with Crippen LogP contribution in [-0.2, 0) is 10.5 Å². The van der Waals surface area contributed by atoms with Crippen LogP contribution in [0.15, 0.2) is 52.3 Å². The minimum Gasteiger partial charge on any atom is -0.378 e. The van der Waals surface area contributed by atoms with Gasteiger partial charge in [0, 0.05) is 35.5 Å². The average molecular weight is 427 g/mol. The summed E-state index contributed by atoms with van der Waals surface area (Å²) < 4.78 is 6.43. The van der Waals surface area contributed by atoms with Gasteiger partial charge in [0.2, 0.25) is 0 Å². The number of thioether (sulfide) groups is 1. The Labute approximate surface area is 178 Å². The molecule has 1 saturated heterocycles. The molecule has 1 aliphatic heterocycles. The summed E-state index contributed by atoms with van der Waals surface area (Å²) in [5.74, 6) is 1.60. The summed E-state index contributed by atoms with van der Waals surface area (Å²) >= 11 is 3.37. The Hall–Kier alpha value is -2.42. The van der Waals surface area contributed by atoms with Crippen molar-refractivity contribution in [3.8, 4) is 0 Å². The summed E-state index contributed by atoms with van der Waals surface area (Å²) in [7, 11) is 0. The highest BCUT2D eigenvalue weighted by molar-refractivity contribution is 8.00. The molecule has 1 aliphatic rings. The lowest BCUT2D eigenvalue weighted by atomic mass is 10.1. The van der Waals surface area contributed by atoms with Crippen LogP contribution in [0.3, 0.4) is 0 Å². The van der Waals surface area contributed by atoms with Crippen molar-refractivity contribution >= 4 is 40.5 Å². The number of hydrogen-bond donors (Lipinski definition) is 1. The van der Waals surface area contributed by atoms with Crippen molar-refractivity contribution < 1.29 is 9.53 Å². The van der Waals surface area contributed by atoms with Gasteiger partial charge in [0.05, 0.1) is 25.1 Å². The first-order valence-electron chi connectivity index (χ1n) is 9.41. The Kier molecular flexibility index (Phi) is 6.43. The van der Waals surface area contributed by atoms with E-state index in [1.165, 1.54) is 0 Å². The molecule has 1 N–H and O–H groups in total. The second kappa shape index (κ2) is 9.39. The van der Waals surface area contributed by atoms with E-state index < -0.39 is 0 Å². The lowest BCUT2D eigenvalue weighted by Gasteiger charge is -2.27. The largest absolute Gasteiger partial charge is 0.378 e. The zero-order valence-corrected chi connectivity index (χ0v) is 17.8. The van der Waals surface area contributed by atoms with Crippen molar-refractivity contribution in [1.29, 1.82) is 0 Å². The normalized spacial score (nSPS) is 14.0. The third kappa shape index (κ3) is 5.35. The van der Waals surface area contributed by atoms with Crippen LogP contribution in [0.1, 0.15) is 21.6 Å². The summed E-state index contributed by atoms with van der Waals surface area (Å²) in [4.78, 5) is 23.6. The van der Waals surface area contributed by atoms with Crippen LogP contribution < -0.4 is 10.2 Å². The van der Waals surface area contributed by atoms with E-state index in [1.807, 2.05) is 43.3 Å². The first kappa shape index (κ1) is 19.9. The average Bonchev–Trinajstić information content (AvgIpc) is 3.19. The van der Waals surface area contributed by atoms with E-state index in [9.17, 15) is 4.79 Å². The molecule has 0 saturated carbocycles. The summed E-state index contributed by atoms with van der Waals surface area (Å²) in [6.07, 6.45) is 1.70. The predicted octanol–water partition coefficient (Wildman–Crippen LogP) is 4.23. The number of morpholine rings is 1. The Bertz CT molecular complexity index is 952. The van der Waals surface area contributed by atoms with E-state index in [-0.39, 0.29) is 5.91 Å². The molecule has 0 radical (unpaired) electrons. The lowest BCUT2D eigenvalue weighted by Crippen LogP contribution is -2.36. The third-order valence-corrected chi connectivity index (χ3v) is 6.73. The number of amides is 1. The number of hydrogen-bond acceptors (Lipinski definition) is 7. The maximum atomic E-state index is 12.5. The molecule has 0 aliphatic carbocycles. The number of anilines is 2. The zero-order chi connectivity index (χ0) is 20.1. The molecule has 1 aromatic carbocycles. The number of aromatic nitrogens is 2. The van der Waals surface area contributed by atoms with Gasteiger partial charge in [-0.3, -0.25) is 4.79 Å². The number of carbonyl (C=O) groups is 1. The summed E-state index contributed by atoms with van der Waals surface area (Å²) in [6.45, 7) is 5.12. The molecular weight excluding hydrogens is 404 g/mol. The molecular formula is C21H22N4O2S2. The van der Waals surface area contributed by atoms with Crippen LogP contribution in [0.4, 0.5) is 11.5 Å². The fraction of sp³-hybridized carbons (Fsp3) is 0.286. The quantitative estimate of drug-likeness (QED) is 0.595. The fourth-order valence-electron chi connectivity index (χ4n) is 2.94. The van der Waals surface area contributed by atoms with Crippen molar-refractivity contribution in [2.24, 2.45) is 0 Å². The van der Waals surface area contributed by atoms with Crippen molar-refractivity contribution in [2.45, 2.75) is 17.0 Å². The van der Waals surface area contributed by atoms with Gasteiger partial charge >= 0.3 is 0 Å². The van der Waals surface area contributed by atoms with Crippen LogP contribution in [0.2, 0.25) is 0 Å². The second-order valence-electron chi connectivity index (χ2n) is 6.70. The molecule has 3 heterocycles. The predicted molar refractivity (Wildman–Crippen MR) is 118 cm³/mol. The van der Waals surface area contributed by atoms with Gasteiger partial charge in [0.1, 0.15) is 10.2 Å². The van der Waals surface area contributed by atoms with Gasteiger partial charge in [0.25, 0.3) is 5.91 Å². The monoisotopic (exact) mass is 426 g/mol. The Morgan fingerprint density at radius 3 is 2.66 bits per heavy atom. The van der Waals surface area contributed by atoms with Crippen molar-refractivity contribution in [2.75, 3.05) is 36.5 Å². The number of ether oxygens (including phenoxy) is 1. The SMILES string of the molecule is Cc1csc(SCc2ccc(C(=O)Nc3ccc(N4CCOCC4)nc3)cc2)n1. The number of benzene rings is 1. The summed E-state index contributed by atoms with van der Waals surface area (Å²) in [6, 6.07) is 11.5. The highest BCUT2D eigenvalue weighted by Gasteiger charge is 2.13. The van der Waals surface area contributed by atoms with Crippen molar-refractivity contribution in [1.82, 2.24) is 9.97 Å². The zero-order valence-electron chi connectivity index (χ0n) is 16.1. The summed E-state index contributed by atoms with van der Waals surface area (Å²) in [5.41, 5.74) is 3.53.